The Kier molecular flexibility index (Phi) is 6.80. The maximum Gasteiger partial charge on any atom is 0.323 e. The molecule has 7 heteroatoms. The maximum absolute atomic E-state index is 12.6. The lowest BCUT2D eigenvalue weighted by Crippen LogP contribution is -2.20. The number of hydrogen-bond acceptors (Lipinski definition) is 4. The van der Waals surface area contributed by atoms with Crippen LogP contribution in [0.15, 0.2) is 79.0 Å². The highest BCUT2D eigenvalue weighted by molar-refractivity contribution is 6.02. The second-order valence-corrected chi connectivity index (χ2v) is 8.07. The molecule has 1 aromatic heterocycles. The van der Waals surface area contributed by atoms with Gasteiger partial charge in [-0.25, -0.2) is 4.79 Å². The highest BCUT2D eigenvalue weighted by Gasteiger charge is 2.10. The van der Waals surface area contributed by atoms with Crippen molar-refractivity contribution in [2.75, 3.05) is 43.7 Å². The van der Waals surface area contributed by atoms with Gasteiger partial charge in [-0.1, -0.05) is 18.2 Å². The number of nitrogens with zero attached hydrogens (tertiary/aromatic N) is 2. The van der Waals surface area contributed by atoms with Crippen molar-refractivity contribution in [3.05, 3.63) is 79.0 Å². The lowest BCUT2D eigenvalue weighted by molar-refractivity contribution is 0.262. The minimum atomic E-state index is -0.330. The van der Waals surface area contributed by atoms with Crippen LogP contribution in [0.4, 0.5) is 27.5 Å². The first-order chi connectivity index (χ1) is 16.0. The molecule has 4 aromatic rings. The van der Waals surface area contributed by atoms with Crippen molar-refractivity contribution in [1.29, 1.82) is 0 Å². The minimum Gasteiger partial charge on any atom is -0.494 e. The Morgan fingerprint density at radius 3 is 2.45 bits per heavy atom. The van der Waals surface area contributed by atoms with Crippen molar-refractivity contribution in [3.8, 4) is 5.75 Å². The van der Waals surface area contributed by atoms with E-state index in [1.54, 1.807) is 7.11 Å². The molecule has 0 aliphatic carbocycles. The molecular weight excluding hydrogens is 414 g/mol. The van der Waals surface area contributed by atoms with E-state index in [1.165, 1.54) is 0 Å². The Labute approximate surface area is 194 Å². The molecule has 0 aliphatic heterocycles. The largest absolute Gasteiger partial charge is 0.494 e. The monoisotopic (exact) mass is 443 g/mol. The van der Waals surface area contributed by atoms with Gasteiger partial charge in [0.15, 0.2) is 0 Å². The van der Waals surface area contributed by atoms with Crippen molar-refractivity contribution < 1.29 is 9.53 Å². The molecule has 3 N–H and O–H groups in total. The zero-order chi connectivity index (χ0) is 23.2. The topological polar surface area (TPSA) is 70.6 Å². The molecule has 0 radical (unpaired) electrons. The SMILES string of the molecule is COc1cc(Nc2ccccc2)ccc1NC(=O)Nc1ccc2c(ccn2CCN(C)C)c1. The zero-order valence-electron chi connectivity index (χ0n) is 19.1. The van der Waals surface area contributed by atoms with E-state index in [-0.39, 0.29) is 6.03 Å². The van der Waals surface area contributed by atoms with Gasteiger partial charge in [0.2, 0.25) is 0 Å². The first-order valence-electron chi connectivity index (χ1n) is 10.8. The highest BCUT2D eigenvalue weighted by atomic mass is 16.5. The molecule has 0 bridgehead atoms. The summed E-state index contributed by atoms with van der Waals surface area (Å²) in [6.45, 7) is 1.88. The van der Waals surface area contributed by atoms with Crippen molar-refractivity contribution in [3.63, 3.8) is 0 Å². The second kappa shape index (κ2) is 10.1. The summed E-state index contributed by atoms with van der Waals surface area (Å²) >= 11 is 0. The number of urea groups is 1. The third-order valence-electron chi connectivity index (χ3n) is 5.33. The van der Waals surface area contributed by atoms with E-state index < -0.39 is 0 Å². The Morgan fingerprint density at radius 2 is 1.70 bits per heavy atom. The van der Waals surface area contributed by atoms with E-state index in [0.717, 1.165) is 41.1 Å². The molecule has 2 amide bonds. The summed E-state index contributed by atoms with van der Waals surface area (Å²) in [7, 11) is 5.71. The third-order valence-corrected chi connectivity index (χ3v) is 5.33. The maximum atomic E-state index is 12.6. The van der Waals surface area contributed by atoms with Crippen molar-refractivity contribution in [2.45, 2.75) is 6.54 Å². The molecular formula is C26H29N5O2. The summed E-state index contributed by atoms with van der Waals surface area (Å²) in [5.41, 5.74) is 4.30. The number of methoxy groups -OCH3 is 1. The number of carbonyl (C=O) groups excluding carboxylic acids is 1. The number of nitrogens with one attached hydrogen (secondary N) is 3. The fraction of sp³-hybridized carbons (Fsp3) is 0.192. The summed E-state index contributed by atoms with van der Waals surface area (Å²) in [6.07, 6.45) is 2.08. The molecule has 7 nitrogen and oxygen atoms in total. The third kappa shape index (κ3) is 5.64. The summed E-state index contributed by atoms with van der Waals surface area (Å²) < 4.78 is 7.70. The molecule has 170 valence electrons. The van der Waals surface area contributed by atoms with Crippen LogP contribution in [-0.4, -0.2) is 43.2 Å². The molecule has 3 aromatic carbocycles. The van der Waals surface area contributed by atoms with Crippen LogP contribution >= 0.6 is 0 Å². The second-order valence-electron chi connectivity index (χ2n) is 8.07. The minimum absolute atomic E-state index is 0.330. The van der Waals surface area contributed by atoms with E-state index >= 15 is 0 Å². The van der Waals surface area contributed by atoms with Gasteiger partial charge < -0.3 is 30.2 Å². The fourth-order valence-corrected chi connectivity index (χ4v) is 3.63. The molecule has 0 saturated carbocycles. The highest BCUT2D eigenvalue weighted by Crippen LogP contribution is 2.30. The average molecular weight is 444 g/mol. The van der Waals surface area contributed by atoms with Gasteiger partial charge in [-0.3, -0.25) is 0 Å². The number of hydrogen-bond donors (Lipinski definition) is 3. The Hall–Kier alpha value is -3.97. The summed E-state index contributed by atoms with van der Waals surface area (Å²) in [5, 5.41) is 10.2. The normalized spacial score (nSPS) is 10.9. The van der Waals surface area contributed by atoms with Crippen LogP contribution in [0.2, 0.25) is 0 Å². The molecule has 0 fully saturated rings. The van der Waals surface area contributed by atoms with E-state index in [1.807, 2.05) is 66.7 Å². The molecule has 0 atom stereocenters. The Morgan fingerprint density at radius 1 is 0.909 bits per heavy atom. The number of para-hydroxylation sites is 1. The zero-order valence-corrected chi connectivity index (χ0v) is 19.1. The van der Waals surface area contributed by atoms with Gasteiger partial charge in [-0.15, -0.1) is 0 Å². The van der Waals surface area contributed by atoms with Crippen LogP contribution in [0.25, 0.3) is 10.9 Å². The van der Waals surface area contributed by atoms with Crippen LogP contribution < -0.4 is 20.7 Å². The number of carbonyl (C=O) groups is 1. The van der Waals surface area contributed by atoms with Gasteiger partial charge in [-0.2, -0.15) is 0 Å². The number of rotatable bonds is 8. The number of likely N-dealkylation sites (N-methyl/N-ethyl adjacent to an activating group) is 1. The molecule has 0 unspecified atom stereocenters. The molecule has 0 spiro atoms. The van der Waals surface area contributed by atoms with Gasteiger partial charge in [-0.05, 0) is 62.6 Å². The van der Waals surface area contributed by atoms with Gasteiger partial charge in [0.1, 0.15) is 5.75 Å². The van der Waals surface area contributed by atoms with Crippen LogP contribution in [0, 0.1) is 0 Å². The number of amides is 2. The molecule has 0 aliphatic rings. The quantitative estimate of drug-likeness (QED) is 0.332. The van der Waals surface area contributed by atoms with E-state index in [9.17, 15) is 4.79 Å². The van der Waals surface area contributed by atoms with Gasteiger partial charge in [0.05, 0.1) is 12.8 Å². The van der Waals surface area contributed by atoms with Crippen molar-refractivity contribution in [1.82, 2.24) is 9.47 Å². The Bertz CT molecular complexity index is 1230. The van der Waals surface area contributed by atoms with E-state index in [2.05, 4.69) is 51.8 Å². The van der Waals surface area contributed by atoms with Crippen molar-refractivity contribution in [2.24, 2.45) is 0 Å². The van der Waals surface area contributed by atoms with Crippen LogP contribution in [0.3, 0.4) is 0 Å². The molecule has 33 heavy (non-hydrogen) atoms. The molecule has 1 heterocycles. The Balaban J connectivity index is 1.42. The van der Waals surface area contributed by atoms with Gasteiger partial charge in [0.25, 0.3) is 0 Å². The van der Waals surface area contributed by atoms with Crippen LogP contribution in [0.1, 0.15) is 0 Å². The van der Waals surface area contributed by atoms with Crippen LogP contribution in [-0.2, 0) is 6.54 Å². The number of ether oxygens (including phenoxy) is 1. The number of benzene rings is 3. The predicted molar refractivity (Wildman–Crippen MR) is 136 cm³/mol. The first kappa shape index (κ1) is 22.2. The lowest BCUT2D eigenvalue weighted by atomic mass is 10.2. The summed E-state index contributed by atoms with van der Waals surface area (Å²) in [6, 6.07) is 23.1. The fourth-order valence-electron chi connectivity index (χ4n) is 3.63. The van der Waals surface area contributed by atoms with Gasteiger partial charge >= 0.3 is 6.03 Å². The molecule has 0 saturated heterocycles. The number of fused-ring (bicyclic) bond motifs is 1. The first-order valence-corrected chi connectivity index (χ1v) is 10.8. The van der Waals surface area contributed by atoms with E-state index in [4.69, 9.17) is 4.74 Å². The van der Waals surface area contributed by atoms with Gasteiger partial charge in [0, 0.05) is 53.3 Å². The lowest BCUT2D eigenvalue weighted by Gasteiger charge is -2.14. The smallest absolute Gasteiger partial charge is 0.323 e. The summed E-state index contributed by atoms with van der Waals surface area (Å²) in [5.74, 6) is 0.569. The predicted octanol–water partition coefficient (Wildman–Crippen LogP) is 5.60. The van der Waals surface area contributed by atoms with Crippen molar-refractivity contribution >= 4 is 39.7 Å². The summed E-state index contributed by atoms with van der Waals surface area (Å²) in [4.78, 5) is 14.8. The van der Waals surface area contributed by atoms with E-state index in [0.29, 0.717) is 11.4 Å². The van der Waals surface area contributed by atoms with Crippen LogP contribution in [0.5, 0.6) is 5.75 Å². The average Bonchev–Trinajstić information content (AvgIpc) is 3.21. The standard InChI is InChI=1S/C26H29N5O2/c1-30(2)15-16-31-14-13-19-17-21(10-12-24(19)31)28-26(32)29-23-11-9-22(18-25(23)33-3)27-20-7-5-4-6-8-20/h4-14,17-18,27H,15-16H2,1-3H3,(H2,28,29,32). The number of anilines is 4. The number of aromatic nitrogens is 1. The molecule has 4 rings (SSSR count).